The molecule has 9 rings (SSSR count). The summed E-state index contributed by atoms with van der Waals surface area (Å²) in [6.07, 6.45) is 12.6. The molecular weight excluding hydrogens is 980 g/mol. The molecule has 7 aromatic rings. The van der Waals surface area contributed by atoms with Gasteiger partial charge < -0.3 is 44.9 Å². The predicted octanol–water partition coefficient (Wildman–Crippen LogP) is 8.60. The second-order valence-corrected chi connectivity index (χ2v) is 18.9. The molecule has 5 heterocycles. The van der Waals surface area contributed by atoms with Crippen LogP contribution in [0.2, 0.25) is 5.02 Å². The Morgan fingerprint density at radius 1 is 0.720 bits per heavy atom. The van der Waals surface area contributed by atoms with Gasteiger partial charge in [0.2, 0.25) is 11.8 Å². The first-order valence-electron chi connectivity index (χ1n) is 24.5. The molecule has 0 unspecified atom stereocenters. The Morgan fingerprint density at radius 3 is 1.77 bits per heavy atom. The maximum Gasteiger partial charge on any atom is 0.269 e. The fourth-order valence-electron chi connectivity index (χ4n) is 9.28. The number of aromatic nitrogens is 5. The molecular formula is C56H60ClF2N11O5. The summed E-state index contributed by atoms with van der Waals surface area (Å²) < 4.78 is 39.4. The lowest BCUT2D eigenvalue weighted by Gasteiger charge is -2.28. The highest BCUT2D eigenvalue weighted by molar-refractivity contribution is 6.33. The van der Waals surface area contributed by atoms with Crippen LogP contribution < -0.4 is 15.4 Å². The molecule has 390 valence electrons. The van der Waals surface area contributed by atoms with Crippen LogP contribution in [0.15, 0.2) is 110 Å². The van der Waals surface area contributed by atoms with Gasteiger partial charge in [-0.15, -0.1) is 5.10 Å². The number of hydrogen-bond donors (Lipinski definition) is 4. The molecule has 0 bridgehead atoms. The van der Waals surface area contributed by atoms with Gasteiger partial charge in [-0.1, -0.05) is 65.4 Å². The predicted molar refractivity (Wildman–Crippen MR) is 289 cm³/mol. The van der Waals surface area contributed by atoms with Crippen LogP contribution in [-0.2, 0) is 16.1 Å². The van der Waals surface area contributed by atoms with E-state index < -0.39 is 11.6 Å². The van der Waals surface area contributed by atoms with Crippen molar-refractivity contribution >= 4 is 68.2 Å². The SMILES string of the molecule is CN(C)C(=O)c1cc2c(-c3ccccc3Cl)cc(C3=CCCN(C(=O)CCn4ccnn4)C3)c(F)c2[nH]1.CN/C=C\NCCC(=O)N1CCC=C(c2cc(-c3ccccc3OC)c3cc(C(=O)N(C)C)[nH]c3c2F)C1. The molecule has 4 aromatic carbocycles. The number of ether oxygens (including phenoxy) is 1. The highest BCUT2D eigenvalue weighted by atomic mass is 35.5. The first-order valence-corrected chi connectivity index (χ1v) is 24.9. The number of amides is 4. The summed E-state index contributed by atoms with van der Waals surface area (Å²) in [5.74, 6) is -0.813. The van der Waals surface area contributed by atoms with Gasteiger partial charge in [-0.05, 0) is 71.5 Å². The van der Waals surface area contributed by atoms with E-state index in [2.05, 4.69) is 30.9 Å². The number of halogens is 3. The van der Waals surface area contributed by atoms with Gasteiger partial charge >= 0.3 is 0 Å². The summed E-state index contributed by atoms with van der Waals surface area (Å²) in [6, 6.07) is 21.8. The summed E-state index contributed by atoms with van der Waals surface area (Å²) in [7, 11) is 9.99. The van der Waals surface area contributed by atoms with Crippen LogP contribution in [0.5, 0.6) is 5.75 Å². The summed E-state index contributed by atoms with van der Waals surface area (Å²) in [5.41, 5.74) is 6.25. The van der Waals surface area contributed by atoms with E-state index in [-0.39, 0.29) is 53.3 Å². The van der Waals surface area contributed by atoms with Gasteiger partial charge in [0, 0.05) is 137 Å². The molecule has 4 amide bonds. The standard InChI is InChI=1S/C29H34FN5O3.C27H26ClFN6O2/c1-31-13-14-32-12-11-26(36)35-15-7-8-19(18-35)21-16-22(20-9-5-6-10-25(20)38-4)23-17-24(29(37)34(2)3)33-28(23)27(21)30;1-33(2)27(37)23-15-21-20(18-7-3-4-8-22(18)28)14-19(25(29)26(21)31-23)17-6-5-11-34(16-17)24(36)9-12-35-13-10-30-32-35/h5-6,8-10,13-14,16-17,31-33H,7,11-12,15,18H2,1-4H3;3-4,6-8,10,13-15,31H,5,9,11-12,16H2,1-2H3/b14-13-;. The zero-order valence-electron chi connectivity index (χ0n) is 42.8. The first-order chi connectivity index (χ1) is 36.2. The molecule has 16 nitrogen and oxygen atoms in total. The number of para-hydroxylation sites is 1. The Labute approximate surface area is 438 Å². The van der Waals surface area contributed by atoms with Crippen molar-refractivity contribution in [1.82, 2.24) is 55.2 Å². The fourth-order valence-corrected chi connectivity index (χ4v) is 9.52. The van der Waals surface area contributed by atoms with E-state index in [9.17, 15) is 19.2 Å². The molecule has 0 saturated heterocycles. The minimum absolute atomic E-state index is 0.00568. The van der Waals surface area contributed by atoms with E-state index in [1.807, 2.05) is 54.6 Å². The van der Waals surface area contributed by atoms with Gasteiger partial charge in [0.25, 0.3) is 11.8 Å². The number of nitrogens with zero attached hydrogens (tertiary/aromatic N) is 7. The molecule has 0 fully saturated rings. The Morgan fingerprint density at radius 2 is 1.25 bits per heavy atom. The summed E-state index contributed by atoms with van der Waals surface area (Å²) in [4.78, 5) is 63.6. The Kier molecular flexibility index (Phi) is 16.8. The minimum atomic E-state index is -0.466. The molecule has 2 aliphatic heterocycles. The van der Waals surface area contributed by atoms with E-state index in [0.717, 1.165) is 22.3 Å². The van der Waals surface area contributed by atoms with Gasteiger partial charge in [-0.2, -0.15) is 0 Å². The lowest BCUT2D eigenvalue weighted by Crippen LogP contribution is -2.36. The highest BCUT2D eigenvalue weighted by Gasteiger charge is 2.28. The number of carbonyl (C=O) groups is 4. The molecule has 4 N–H and O–H groups in total. The molecule has 0 atom stereocenters. The number of fused-ring (bicyclic) bond motifs is 2. The summed E-state index contributed by atoms with van der Waals surface area (Å²) in [6.45, 7) is 2.67. The van der Waals surface area contributed by atoms with Crippen molar-refractivity contribution in [2.24, 2.45) is 0 Å². The third kappa shape index (κ3) is 11.8. The molecule has 3 aromatic heterocycles. The molecule has 19 heteroatoms. The van der Waals surface area contributed by atoms with Crippen molar-refractivity contribution in [3.05, 3.63) is 149 Å². The maximum atomic E-state index is 16.1. The van der Waals surface area contributed by atoms with E-state index in [1.54, 1.807) is 112 Å². The van der Waals surface area contributed by atoms with Crippen LogP contribution in [0.3, 0.4) is 0 Å². The number of aryl methyl sites for hydroxylation is 1. The molecule has 0 saturated carbocycles. The number of H-pyrrole nitrogens is 2. The molecule has 2 aliphatic rings. The minimum Gasteiger partial charge on any atom is -0.496 e. The van der Waals surface area contributed by atoms with Crippen LogP contribution >= 0.6 is 11.6 Å². The van der Waals surface area contributed by atoms with Gasteiger partial charge in [-0.25, -0.2) is 8.78 Å². The molecule has 0 radical (unpaired) electrons. The number of hydrogen-bond acceptors (Lipinski definition) is 9. The third-order valence-electron chi connectivity index (χ3n) is 13.1. The van der Waals surface area contributed by atoms with E-state index in [0.29, 0.717) is 101 Å². The average Bonchev–Trinajstić information content (AvgIpc) is 4.23. The van der Waals surface area contributed by atoms with Gasteiger partial charge in [-0.3, -0.25) is 23.9 Å². The lowest BCUT2D eigenvalue weighted by molar-refractivity contribution is -0.131. The second-order valence-electron chi connectivity index (χ2n) is 18.5. The topological polar surface area (TPSA) is 177 Å². The Hall–Kier alpha value is -8.25. The maximum absolute atomic E-state index is 16.1. The fraction of sp³-hybridized carbons (Fsp3) is 0.286. The molecule has 0 aliphatic carbocycles. The summed E-state index contributed by atoms with van der Waals surface area (Å²) >= 11 is 6.54. The van der Waals surface area contributed by atoms with Crippen molar-refractivity contribution in [1.29, 1.82) is 0 Å². The Bertz CT molecular complexity index is 3340. The quantitative estimate of drug-likeness (QED) is 0.0733. The van der Waals surface area contributed by atoms with Crippen molar-refractivity contribution in [2.75, 3.05) is 75.1 Å². The number of carbonyl (C=O) groups excluding carboxylic acids is 4. The van der Waals surface area contributed by atoms with Crippen LogP contribution in [0.25, 0.3) is 55.2 Å². The number of nitrogens with one attached hydrogen (secondary N) is 4. The summed E-state index contributed by atoms with van der Waals surface area (Å²) in [5, 5.41) is 15.3. The van der Waals surface area contributed by atoms with E-state index in [4.69, 9.17) is 16.3 Å². The largest absolute Gasteiger partial charge is 0.496 e. The number of rotatable bonds is 15. The van der Waals surface area contributed by atoms with Gasteiger partial charge in [0.1, 0.15) is 17.1 Å². The molecule has 75 heavy (non-hydrogen) atoms. The number of aromatic amines is 2. The highest BCUT2D eigenvalue weighted by Crippen LogP contribution is 2.41. The monoisotopic (exact) mass is 1040 g/mol. The number of methoxy groups -OCH3 is 1. The van der Waals surface area contributed by atoms with Crippen LogP contribution in [0.4, 0.5) is 8.78 Å². The lowest BCUT2D eigenvalue weighted by atomic mass is 9.93. The first kappa shape index (κ1) is 53.1. The van der Waals surface area contributed by atoms with Crippen molar-refractivity contribution in [2.45, 2.75) is 32.2 Å². The van der Waals surface area contributed by atoms with Crippen LogP contribution in [-0.4, -0.2) is 143 Å². The van der Waals surface area contributed by atoms with Gasteiger partial charge in [0.15, 0.2) is 11.6 Å². The van der Waals surface area contributed by atoms with Crippen molar-refractivity contribution in [3.63, 3.8) is 0 Å². The normalized spacial score (nSPS) is 13.6. The number of benzene rings is 4. The smallest absolute Gasteiger partial charge is 0.269 e. The van der Waals surface area contributed by atoms with E-state index in [1.165, 1.54) is 9.80 Å². The molecule has 0 spiro atoms. The third-order valence-corrected chi connectivity index (χ3v) is 13.4. The van der Waals surface area contributed by atoms with Crippen molar-refractivity contribution < 1.29 is 32.7 Å². The second kappa shape index (κ2) is 23.7. The zero-order chi connectivity index (χ0) is 53.3. The van der Waals surface area contributed by atoms with Crippen molar-refractivity contribution in [3.8, 4) is 28.0 Å². The Balaban J connectivity index is 0.000000199. The zero-order valence-corrected chi connectivity index (χ0v) is 43.5. The van der Waals surface area contributed by atoms with Crippen LogP contribution in [0, 0.1) is 11.6 Å². The van der Waals surface area contributed by atoms with E-state index >= 15 is 8.78 Å². The van der Waals surface area contributed by atoms with Gasteiger partial charge in [0.05, 0.1) is 30.9 Å². The average molecular weight is 1040 g/mol. The van der Waals surface area contributed by atoms with Crippen LogP contribution in [0.1, 0.15) is 57.8 Å².